The maximum atomic E-state index is 12.5. The Kier molecular flexibility index (Phi) is 4.99. The summed E-state index contributed by atoms with van der Waals surface area (Å²) in [4.78, 5) is 38.1. The summed E-state index contributed by atoms with van der Waals surface area (Å²) in [5, 5.41) is 2.29. The lowest BCUT2D eigenvalue weighted by atomic mass is 10.1. The molecular weight excluding hydrogens is 350 g/mol. The second kappa shape index (κ2) is 7.21. The molecule has 0 atom stereocenters. The molecule has 2 aromatic rings. The van der Waals surface area contributed by atoms with E-state index in [1.54, 1.807) is 12.1 Å². The molecule has 1 aromatic carbocycles. The van der Waals surface area contributed by atoms with Crippen LogP contribution >= 0.6 is 11.8 Å². The summed E-state index contributed by atoms with van der Waals surface area (Å²) in [6, 6.07) is 9.26. The van der Waals surface area contributed by atoms with E-state index in [0.717, 1.165) is 33.5 Å². The summed E-state index contributed by atoms with van der Waals surface area (Å²) in [5.74, 6) is -0.855. The number of thioether (sulfide) groups is 1. The number of rotatable bonds is 4. The van der Waals surface area contributed by atoms with Crippen LogP contribution < -0.4 is 5.32 Å². The molecule has 0 bridgehead atoms. The van der Waals surface area contributed by atoms with Gasteiger partial charge in [-0.3, -0.25) is 19.3 Å². The van der Waals surface area contributed by atoms with Crippen molar-refractivity contribution in [3.8, 4) is 0 Å². The lowest BCUT2D eigenvalue weighted by Gasteiger charge is -2.13. The number of nitrogens with zero attached hydrogens (tertiary/aromatic N) is 2. The van der Waals surface area contributed by atoms with E-state index >= 15 is 0 Å². The van der Waals surface area contributed by atoms with Crippen molar-refractivity contribution in [2.24, 2.45) is 7.05 Å². The Bertz CT molecular complexity index is 930. The maximum Gasteiger partial charge on any atom is 0.294 e. The van der Waals surface area contributed by atoms with Gasteiger partial charge < -0.3 is 9.88 Å². The van der Waals surface area contributed by atoms with E-state index in [-0.39, 0.29) is 6.54 Å². The SMILES string of the molecule is Cc1ccc(NC(=O)CN2C(=O)S/C(=C\c3cccn3C)C2=O)cc1C. The molecule has 2 heterocycles. The summed E-state index contributed by atoms with van der Waals surface area (Å²) in [5.41, 5.74) is 3.64. The van der Waals surface area contributed by atoms with Crippen molar-refractivity contribution in [2.75, 3.05) is 11.9 Å². The lowest BCUT2D eigenvalue weighted by Crippen LogP contribution is -2.36. The monoisotopic (exact) mass is 369 g/mol. The van der Waals surface area contributed by atoms with Crippen LogP contribution in [0.25, 0.3) is 6.08 Å². The molecule has 1 aliphatic rings. The summed E-state index contributed by atoms with van der Waals surface area (Å²) in [6.07, 6.45) is 3.51. The van der Waals surface area contributed by atoms with Gasteiger partial charge in [0.2, 0.25) is 5.91 Å². The average Bonchev–Trinajstić information content (AvgIpc) is 3.10. The molecule has 0 aliphatic carbocycles. The van der Waals surface area contributed by atoms with Gasteiger partial charge in [-0.25, -0.2) is 0 Å². The normalized spacial score (nSPS) is 15.8. The van der Waals surface area contributed by atoms with Gasteiger partial charge in [0.05, 0.1) is 4.91 Å². The fourth-order valence-electron chi connectivity index (χ4n) is 2.56. The van der Waals surface area contributed by atoms with E-state index in [1.807, 2.05) is 55.9 Å². The van der Waals surface area contributed by atoms with Gasteiger partial charge in [0, 0.05) is 24.6 Å². The molecular formula is C19H19N3O3S. The first-order valence-corrected chi connectivity index (χ1v) is 8.90. The molecule has 134 valence electrons. The number of hydrogen-bond donors (Lipinski definition) is 1. The zero-order valence-corrected chi connectivity index (χ0v) is 15.6. The predicted octanol–water partition coefficient (Wildman–Crippen LogP) is 3.32. The molecule has 3 rings (SSSR count). The molecule has 0 radical (unpaired) electrons. The van der Waals surface area contributed by atoms with Crippen molar-refractivity contribution in [1.29, 1.82) is 0 Å². The first-order valence-electron chi connectivity index (χ1n) is 8.09. The number of anilines is 1. The number of aromatic nitrogens is 1. The minimum absolute atomic E-state index is 0.304. The molecule has 1 fully saturated rings. The van der Waals surface area contributed by atoms with Crippen LogP contribution in [0.1, 0.15) is 16.8 Å². The highest BCUT2D eigenvalue weighted by Gasteiger charge is 2.36. The van der Waals surface area contributed by atoms with E-state index < -0.39 is 17.1 Å². The highest BCUT2D eigenvalue weighted by atomic mass is 32.2. The minimum atomic E-state index is -0.448. The van der Waals surface area contributed by atoms with E-state index in [9.17, 15) is 14.4 Å². The van der Waals surface area contributed by atoms with Crippen LogP contribution in [-0.4, -0.2) is 33.1 Å². The smallest absolute Gasteiger partial charge is 0.294 e. The standard InChI is InChI=1S/C19H19N3O3S/c1-12-6-7-14(9-13(12)2)20-17(23)11-22-18(24)16(26-19(22)25)10-15-5-4-8-21(15)3/h4-10H,11H2,1-3H3,(H,20,23)/b16-10-. The van der Waals surface area contributed by atoms with Crippen molar-refractivity contribution in [3.63, 3.8) is 0 Å². The number of amides is 3. The number of carbonyl (C=O) groups is 3. The average molecular weight is 369 g/mol. The third-order valence-corrected chi connectivity index (χ3v) is 5.14. The number of carbonyl (C=O) groups excluding carboxylic acids is 3. The Hall–Kier alpha value is -2.80. The van der Waals surface area contributed by atoms with Crippen molar-refractivity contribution in [3.05, 3.63) is 58.3 Å². The number of aryl methyl sites for hydroxylation is 3. The quantitative estimate of drug-likeness (QED) is 0.840. The van der Waals surface area contributed by atoms with Gasteiger partial charge in [-0.15, -0.1) is 0 Å². The van der Waals surface area contributed by atoms with Crippen LogP contribution in [0.15, 0.2) is 41.4 Å². The number of nitrogens with one attached hydrogen (secondary N) is 1. The molecule has 7 heteroatoms. The Morgan fingerprint density at radius 2 is 1.96 bits per heavy atom. The van der Waals surface area contributed by atoms with Gasteiger partial charge in [0.1, 0.15) is 6.54 Å². The highest BCUT2D eigenvalue weighted by molar-refractivity contribution is 8.18. The minimum Gasteiger partial charge on any atom is -0.351 e. The summed E-state index contributed by atoms with van der Waals surface area (Å²) < 4.78 is 1.85. The van der Waals surface area contributed by atoms with Crippen molar-refractivity contribution < 1.29 is 14.4 Å². The number of benzene rings is 1. The number of hydrogen-bond acceptors (Lipinski definition) is 4. The van der Waals surface area contributed by atoms with Gasteiger partial charge in [0.25, 0.3) is 11.1 Å². The fourth-order valence-corrected chi connectivity index (χ4v) is 3.38. The second-order valence-corrected chi connectivity index (χ2v) is 7.15. The Morgan fingerprint density at radius 1 is 1.19 bits per heavy atom. The molecule has 1 aromatic heterocycles. The third-order valence-electron chi connectivity index (χ3n) is 4.23. The highest BCUT2D eigenvalue weighted by Crippen LogP contribution is 2.32. The van der Waals surface area contributed by atoms with Crippen LogP contribution in [0.4, 0.5) is 10.5 Å². The van der Waals surface area contributed by atoms with Crippen LogP contribution in [0, 0.1) is 13.8 Å². The Labute approximate surface area is 155 Å². The molecule has 1 saturated heterocycles. The van der Waals surface area contributed by atoms with Gasteiger partial charge in [0.15, 0.2) is 0 Å². The predicted molar refractivity (Wildman–Crippen MR) is 103 cm³/mol. The van der Waals surface area contributed by atoms with Gasteiger partial charge in [-0.1, -0.05) is 6.07 Å². The number of imide groups is 1. The Morgan fingerprint density at radius 3 is 2.62 bits per heavy atom. The summed E-state index contributed by atoms with van der Waals surface area (Å²) in [6.45, 7) is 3.64. The van der Waals surface area contributed by atoms with E-state index in [4.69, 9.17) is 0 Å². The van der Waals surface area contributed by atoms with Gasteiger partial charge in [-0.05, 0) is 67.1 Å². The summed E-state index contributed by atoms with van der Waals surface area (Å²) in [7, 11) is 1.85. The molecule has 0 saturated carbocycles. The van der Waals surface area contributed by atoms with Crippen LogP contribution in [0.2, 0.25) is 0 Å². The van der Waals surface area contributed by atoms with Crippen LogP contribution in [0.5, 0.6) is 0 Å². The molecule has 26 heavy (non-hydrogen) atoms. The van der Waals surface area contributed by atoms with Crippen molar-refractivity contribution in [1.82, 2.24) is 9.47 Å². The molecule has 6 nitrogen and oxygen atoms in total. The maximum absolute atomic E-state index is 12.5. The molecule has 0 spiro atoms. The van der Waals surface area contributed by atoms with Crippen molar-refractivity contribution >= 4 is 40.6 Å². The zero-order valence-electron chi connectivity index (χ0n) is 14.8. The van der Waals surface area contributed by atoms with Gasteiger partial charge >= 0.3 is 0 Å². The second-order valence-electron chi connectivity index (χ2n) is 6.16. The van der Waals surface area contributed by atoms with Crippen molar-refractivity contribution in [2.45, 2.75) is 13.8 Å². The molecule has 1 N–H and O–H groups in total. The summed E-state index contributed by atoms with van der Waals surface area (Å²) >= 11 is 0.847. The first-order chi connectivity index (χ1) is 12.3. The third kappa shape index (κ3) is 3.72. The first kappa shape index (κ1) is 18.0. The van der Waals surface area contributed by atoms with Crippen LogP contribution in [0.3, 0.4) is 0 Å². The fraction of sp³-hybridized carbons (Fsp3) is 0.211. The van der Waals surface area contributed by atoms with Gasteiger partial charge in [-0.2, -0.15) is 0 Å². The Balaban J connectivity index is 1.69. The van der Waals surface area contributed by atoms with Crippen LogP contribution in [-0.2, 0) is 16.6 Å². The van der Waals surface area contributed by atoms with E-state index in [2.05, 4.69) is 5.32 Å². The molecule has 1 aliphatic heterocycles. The topological polar surface area (TPSA) is 71.4 Å². The largest absolute Gasteiger partial charge is 0.351 e. The molecule has 3 amide bonds. The molecule has 0 unspecified atom stereocenters. The zero-order chi connectivity index (χ0) is 18.8. The lowest BCUT2D eigenvalue weighted by molar-refractivity contribution is -0.127. The van der Waals surface area contributed by atoms with E-state index in [0.29, 0.717) is 10.6 Å². The van der Waals surface area contributed by atoms with E-state index in [1.165, 1.54) is 0 Å².